The van der Waals surface area contributed by atoms with Gasteiger partial charge in [-0.05, 0) is 76.0 Å². The Morgan fingerprint density at radius 2 is 1.49 bits per heavy atom. The standard InChI is InChI=1S/C41H31N5O7/c42-22-36-35(8-4-5-29-15-17-33(21-37(29)47)43-32-6-2-1-3-7-32)40(48)46(34-18-16-30-19-28(25-53-51)13-14-31(30)20-34)39-38(36)41(49)45(44-39)23-26-9-11-27(12-10-26)24-52-50/h1-21,43,47,50-51H,23-25H2/b5-4+,35-8+. The predicted molar refractivity (Wildman–Crippen MR) is 198 cm³/mol. The Labute approximate surface area is 302 Å². The second-order valence-electron chi connectivity index (χ2n) is 12.2. The van der Waals surface area contributed by atoms with Crippen molar-refractivity contribution in [2.75, 3.05) is 5.32 Å². The number of allylic oxidation sites excluding steroid dienone is 1. The lowest BCUT2D eigenvalue weighted by molar-refractivity contribution is -0.253. The first-order valence-corrected chi connectivity index (χ1v) is 16.4. The summed E-state index contributed by atoms with van der Waals surface area (Å²) in [6, 6.07) is 34.5. The summed E-state index contributed by atoms with van der Waals surface area (Å²) in [6.45, 7) is 0.0603. The molecule has 0 atom stereocenters. The second kappa shape index (κ2) is 15.2. The lowest BCUT2D eigenvalue weighted by Crippen LogP contribution is -2.45. The van der Waals surface area contributed by atoms with Gasteiger partial charge < -0.3 is 10.4 Å². The average molecular weight is 706 g/mol. The van der Waals surface area contributed by atoms with E-state index in [1.807, 2.05) is 42.5 Å². The number of carbonyl (C=O) groups is 1. The Balaban J connectivity index is 1.32. The fourth-order valence-electron chi connectivity index (χ4n) is 6.16. The number of nitriles is 1. The van der Waals surface area contributed by atoms with Crippen molar-refractivity contribution in [2.45, 2.75) is 19.8 Å². The van der Waals surface area contributed by atoms with Gasteiger partial charge in [-0.25, -0.2) is 14.8 Å². The molecule has 1 amide bonds. The summed E-state index contributed by atoms with van der Waals surface area (Å²) in [7, 11) is 0. The van der Waals surface area contributed by atoms with Crippen LogP contribution in [0.4, 0.5) is 11.4 Å². The summed E-state index contributed by atoms with van der Waals surface area (Å²) in [5, 5.41) is 49.5. The quantitative estimate of drug-likeness (QED) is 0.0937. The van der Waals surface area contributed by atoms with E-state index < -0.39 is 11.5 Å². The molecule has 12 nitrogen and oxygen atoms in total. The van der Waals surface area contributed by atoms with Crippen molar-refractivity contribution in [2.24, 2.45) is 5.10 Å². The molecule has 1 aliphatic heterocycles. The summed E-state index contributed by atoms with van der Waals surface area (Å²) >= 11 is 0. The first-order valence-electron chi connectivity index (χ1n) is 16.4. The minimum absolute atomic E-state index is 0.00292. The second-order valence-corrected chi connectivity index (χ2v) is 12.2. The van der Waals surface area contributed by atoms with Gasteiger partial charge in [0.1, 0.15) is 30.6 Å². The van der Waals surface area contributed by atoms with Crippen molar-refractivity contribution in [1.29, 1.82) is 5.26 Å². The molecule has 0 saturated carbocycles. The topological polar surface area (TPSA) is 170 Å². The molecular weight excluding hydrogens is 674 g/mol. The van der Waals surface area contributed by atoms with E-state index in [2.05, 4.69) is 26.3 Å². The number of nitrogens with one attached hydrogen (secondary N) is 1. The number of hydrogen-bond donors (Lipinski definition) is 4. The number of pyridine rings is 1. The third-order valence-electron chi connectivity index (χ3n) is 8.76. The molecule has 0 radical (unpaired) electrons. The number of anilines is 2. The molecule has 0 unspecified atom stereocenters. The number of amides is 1. The van der Waals surface area contributed by atoms with Gasteiger partial charge >= 0.3 is 0 Å². The van der Waals surface area contributed by atoms with Gasteiger partial charge in [-0.3, -0.25) is 24.7 Å². The molecule has 0 bridgehead atoms. The molecule has 2 heterocycles. The van der Waals surface area contributed by atoms with Gasteiger partial charge in [-0.1, -0.05) is 72.8 Å². The van der Waals surface area contributed by atoms with Gasteiger partial charge in [-0.2, -0.15) is 5.26 Å². The van der Waals surface area contributed by atoms with E-state index in [9.17, 15) is 20.0 Å². The number of benzene rings is 5. The maximum absolute atomic E-state index is 14.4. The Morgan fingerprint density at radius 3 is 2.23 bits per heavy atom. The van der Waals surface area contributed by atoms with Crippen molar-refractivity contribution >= 4 is 40.2 Å². The molecule has 262 valence electrons. The van der Waals surface area contributed by atoms with Crippen molar-refractivity contribution < 1.29 is 30.2 Å². The lowest BCUT2D eigenvalue weighted by Gasteiger charge is -2.12. The summed E-state index contributed by atoms with van der Waals surface area (Å²) in [5.41, 5.74) is 3.90. The lowest BCUT2D eigenvalue weighted by atomic mass is 10.0. The van der Waals surface area contributed by atoms with Gasteiger partial charge in [0, 0.05) is 23.0 Å². The number of nitrogens with zero attached hydrogens (tertiary/aromatic N) is 4. The molecule has 0 aliphatic carbocycles. The smallest absolute Gasteiger partial charge is 0.279 e. The van der Waals surface area contributed by atoms with Crippen LogP contribution in [0.5, 0.6) is 5.75 Å². The van der Waals surface area contributed by atoms with Gasteiger partial charge in [0.25, 0.3) is 11.5 Å². The number of fused-ring (bicyclic) bond motifs is 2. The van der Waals surface area contributed by atoms with Crippen LogP contribution in [0.25, 0.3) is 28.6 Å². The Morgan fingerprint density at radius 1 is 0.792 bits per heavy atom. The monoisotopic (exact) mass is 705 g/mol. The molecule has 0 saturated heterocycles. The van der Waals surface area contributed by atoms with Crippen LogP contribution in [0.15, 0.2) is 125 Å². The van der Waals surface area contributed by atoms with Crippen LogP contribution in [-0.4, -0.2) is 31.1 Å². The number of carbonyl (C=O) groups excluding carboxylic acids is 1. The fraction of sp³-hybridized carbons (Fsp3) is 0.0732. The maximum Gasteiger partial charge on any atom is 0.279 e. The van der Waals surface area contributed by atoms with E-state index in [1.54, 1.807) is 78.9 Å². The zero-order valence-electron chi connectivity index (χ0n) is 28.0. The molecule has 5 aromatic carbocycles. The van der Waals surface area contributed by atoms with E-state index in [0.29, 0.717) is 16.9 Å². The van der Waals surface area contributed by atoms with E-state index >= 15 is 0 Å². The number of aromatic hydroxyl groups is 1. The molecule has 12 heteroatoms. The van der Waals surface area contributed by atoms with Gasteiger partial charge in [0.15, 0.2) is 5.49 Å². The molecule has 1 aliphatic rings. The van der Waals surface area contributed by atoms with Crippen LogP contribution in [0.2, 0.25) is 0 Å². The average Bonchev–Trinajstić information content (AvgIpc) is 3.48. The van der Waals surface area contributed by atoms with E-state index in [1.165, 1.54) is 15.7 Å². The number of phenols is 1. The van der Waals surface area contributed by atoms with Crippen LogP contribution in [0.3, 0.4) is 0 Å². The fourth-order valence-corrected chi connectivity index (χ4v) is 6.16. The molecular formula is C41H31N5O7. The third-order valence-corrected chi connectivity index (χ3v) is 8.76. The van der Waals surface area contributed by atoms with Gasteiger partial charge in [0.05, 0.1) is 23.0 Å². The molecule has 7 rings (SSSR count). The van der Waals surface area contributed by atoms with E-state index in [4.69, 9.17) is 10.5 Å². The highest BCUT2D eigenvalue weighted by atomic mass is 17.1. The zero-order valence-corrected chi connectivity index (χ0v) is 28.0. The number of para-hydroxylation sites is 1. The molecule has 0 fully saturated rings. The molecule has 1 aromatic heterocycles. The highest BCUT2D eigenvalue weighted by molar-refractivity contribution is 5.97. The van der Waals surface area contributed by atoms with Gasteiger partial charge in [0.2, 0.25) is 0 Å². The molecule has 0 spiro atoms. The van der Waals surface area contributed by atoms with Crippen LogP contribution >= 0.6 is 0 Å². The van der Waals surface area contributed by atoms with E-state index in [0.717, 1.165) is 33.2 Å². The first-order chi connectivity index (χ1) is 25.9. The normalized spacial score (nSPS) is 12.7. The minimum atomic E-state index is -0.576. The van der Waals surface area contributed by atoms with Crippen molar-refractivity contribution in [3.05, 3.63) is 170 Å². The van der Waals surface area contributed by atoms with Crippen molar-refractivity contribution in [1.82, 2.24) is 9.58 Å². The summed E-state index contributed by atoms with van der Waals surface area (Å²) in [6.07, 6.45) is 4.60. The SMILES string of the molecule is N#Cc1c2c(n(-c3ccc4cc(COO)ccc4c3)c(=O)/c1=C/C=C/c1ccc(Nc3ccccc3)cc1O)=NN(Cc1ccc(COO)cc1)C2=O. The summed E-state index contributed by atoms with van der Waals surface area (Å²) < 4.78 is 1.32. The van der Waals surface area contributed by atoms with Crippen LogP contribution < -0.4 is 21.6 Å². The first kappa shape index (κ1) is 34.6. The third kappa shape index (κ3) is 7.18. The van der Waals surface area contributed by atoms with Crippen molar-refractivity contribution in [3.8, 4) is 17.5 Å². The number of aromatic nitrogens is 1. The summed E-state index contributed by atoms with van der Waals surface area (Å²) in [4.78, 5) is 36.9. The van der Waals surface area contributed by atoms with Crippen LogP contribution in [0, 0.1) is 11.3 Å². The highest BCUT2D eigenvalue weighted by Gasteiger charge is 2.31. The Kier molecular flexibility index (Phi) is 9.89. The largest absolute Gasteiger partial charge is 0.507 e. The Bertz CT molecular complexity index is 2610. The molecule has 53 heavy (non-hydrogen) atoms. The zero-order chi connectivity index (χ0) is 36.9. The van der Waals surface area contributed by atoms with Crippen LogP contribution in [0.1, 0.15) is 38.2 Å². The van der Waals surface area contributed by atoms with Crippen molar-refractivity contribution in [3.63, 3.8) is 0 Å². The molecule has 4 N–H and O–H groups in total. The Hall–Kier alpha value is -6.88. The maximum atomic E-state index is 14.4. The highest BCUT2D eigenvalue weighted by Crippen LogP contribution is 2.26. The summed E-state index contributed by atoms with van der Waals surface area (Å²) in [5.74, 6) is -0.561. The predicted octanol–water partition coefficient (Wildman–Crippen LogP) is 5.98. The van der Waals surface area contributed by atoms with Crippen LogP contribution in [-0.2, 0) is 29.5 Å². The number of hydrogen-bond acceptors (Lipinski definition) is 10. The minimum Gasteiger partial charge on any atom is -0.507 e. The number of phenolic OH excluding ortho intramolecular Hbond substituents is 1. The van der Waals surface area contributed by atoms with Gasteiger partial charge in [-0.15, -0.1) is 5.10 Å². The molecule has 6 aromatic rings. The van der Waals surface area contributed by atoms with E-state index in [-0.39, 0.29) is 47.3 Å². The number of rotatable bonds is 11.